The van der Waals surface area contributed by atoms with Crippen LogP contribution in [0.3, 0.4) is 0 Å². The number of aromatic nitrogens is 2. The first-order valence-corrected chi connectivity index (χ1v) is 5.73. The lowest BCUT2D eigenvalue weighted by Crippen LogP contribution is -2.21. The van der Waals surface area contributed by atoms with Gasteiger partial charge in [-0.2, -0.15) is 0 Å². The van der Waals surface area contributed by atoms with Crippen LogP contribution in [0.1, 0.15) is 24.4 Å². The van der Waals surface area contributed by atoms with Gasteiger partial charge in [0.05, 0.1) is 0 Å². The van der Waals surface area contributed by atoms with E-state index in [2.05, 4.69) is 15.3 Å². The number of nitrogens with zero attached hydrogens (tertiary/aromatic N) is 1. The summed E-state index contributed by atoms with van der Waals surface area (Å²) in [6, 6.07) is 6.81. The molecule has 1 aromatic carbocycles. The Labute approximate surface area is 100 Å². The van der Waals surface area contributed by atoms with Crippen molar-refractivity contribution in [3.63, 3.8) is 0 Å². The number of H-pyrrole nitrogens is 1. The molecule has 1 aromatic heterocycles. The first-order chi connectivity index (χ1) is 8.25. The van der Waals surface area contributed by atoms with Gasteiger partial charge in [0.2, 0.25) is 0 Å². The first-order valence-electron chi connectivity index (χ1n) is 5.73. The molecule has 3 nitrogen and oxygen atoms in total. The van der Waals surface area contributed by atoms with Crippen molar-refractivity contribution in [3.8, 4) is 0 Å². The molecule has 17 heavy (non-hydrogen) atoms. The van der Waals surface area contributed by atoms with Crippen LogP contribution in [0.25, 0.3) is 0 Å². The molecular formula is C13H16FN3. The summed E-state index contributed by atoms with van der Waals surface area (Å²) in [5, 5.41) is 3.34. The van der Waals surface area contributed by atoms with Crippen molar-refractivity contribution in [2.24, 2.45) is 0 Å². The molecule has 4 heteroatoms. The Morgan fingerprint density at radius 1 is 1.47 bits per heavy atom. The van der Waals surface area contributed by atoms with Crippen molar-refractivity contribution >= 4 is 0 Å². The predicted molar refractivity (Wildman–Crippen MR) is 65.1 cm³/mol. The summed E-state index contributed by atoms with van der Waals surface area (Å²) >= 11 is 0. The quantitative estimate of drug-likeness (QED) is 0.832. The molecule has 0 spiro atoms. The van der Waals surface area contributed by atoms with Crippen LogP contribution in [0.15, 0.2) is 36.7 Å². The van der Waals surface area contributed by atoms with Gasteiger partial charge in [-0.15, -0.1) is 0 Å². The van der Waals surface area contributed by atoms with Crippen molar-refractivity contribution in [3.05, 3.63) is 53.9 Å². The number of hydrogen-bond donors (Lipinski definition) is 2. The van der Waals surface area contributed by atoms with Crippen molar-refractivity contribution in [1.29, 1.82) is 0 Å². The molecule has 1 unspecified atom stereocenters. The molecule has 0 saturated carbocycles. The summed E-state index contributed by atoms with van der Waals surface area (Å²) < 4.78 is 13.0. The van der Waals surface area contributed by atoms with E-state index in [0.29, 0.717) is 0 Å². The Hall–Kier alpha value is -1.68. The molecular weight excluding hydrogens is 217 g/mol. The topological polar surface area (TPSA) is 40.7 Å². The van der Waals surface area contributed by atoms with Crippen LogP contribution in [-0.4, -0.2) is 16.5 Å². The van der Waals surface area contributed by atoms with Crippen molar-refractivity contribution in [2.45, 2.75) is 19.4 Å². The standard InChI is InChI=1S/C13H16FN3/c1-10(11-3-2-4-12(14)9-11)15-6-5-13-16-7-8-17-13/h2-4,7-10,15H,5-6H2,1H3,(H,16,17). The highest BCUT2D eigenvalue weighted by atomic mass is 19.1. The maximum absolute atomic E-state index is 13.0. The number of aromatic amines is 1. The zero-order valence-electron chi connectivity index (χ0n) is 9.78. The molecule has 1 heterocycles. The summed E-state index contributed by atoms with van der Waals surface area (Å²) in [6.07, 6.45) is 4.39. The Kier molecular flexibility index (Phi) is 3.88. The lowest BCUT2D eigenvalue weighted by molar-refractivity contribution is 0.562. The van der Waals surface area contributed by atoms with Crippen LogP contribution in [-0.2, 0) is 6.42 Å². The van der Waals surface area contributed by atoms with Gasteiger partial charge in [0, 0.05) is 31.4 Å². The number of hydrogen-bond acceptors (Lipinski definition) is 2. The highest BCUT2D eigenvalue weighted by Crippen LogP contribution is 2.13. The minimum Gasteiger partial charge on any atom is -0.349 e. The largest absolute Gasteiger partial charge is 0.349 e. The SMILES string of the molecule is CC(NCCc1ncc[nH]1)c1cccc(F)c1. The fourth-order valence-electron chi connectivity index (χ4n) is 1.74. The van der Waals surface area contributed by atoms with E-state index in [0.717, 1.165) is 24.4 Å². The third kappa shape index (κ3) is 3.39. The number of halogens is 1. The van der Waals surface area contributed by atoms with E-state index in [1.165, 1.54) is 6.07 Å². The van der Waals surface area contributed by atoms with E-state index < -0.39 is 0 Å². The zero-order valence-corrected chi connectivity index (χ0v) is 9.78. The Morgan fingerprint density at radius 2 is 2.35 bits per heavy atom. The second-order valence-corrected chi connectivity index (χ2v) is 4.02. The van der Waals surface area contributed by atoms with Crippen molar-refractivity contribution in [2.75, 3.05) is 6.54 Å². The summed E-state index contributed by atoms with van der Waals surface area (Å²) in [6.45, 7) is 2.84. The first kappa shape index (κ1) is 11.8. The Balaban J connectivity index is 1.83. The van der Waals surface area contributed by atoms with Crippen LogP contribution >= 0.6 is 0 Å². The van der Waals surface area contributed by atoms with Crippen LogP contribution in [0.2, 0.25) is 0 Å². The molecule has 0 aliphatic carbocycles. The van der Waals surface area contributed by atoms with Crippen molar-refractivity contribution in [1.82, 2.24) is 15.3 Å². The van der Waals surface area contributed by atoms with E-state index in [1.807, 2.05) is 19.2 Å². The lowest BCUT2D eigenvalue weighted by atomic mass is 10.1. The van der Waals surface area contributed by atoms with Gasteiger partial charge in [-0.1, -0.05) is 12.1 Å². The smallest absolute Gasteiger partial charge is 0.123 e. The van der Waals surface area contributed by atoms with Gasteiger partial charge in [-0.25, -0.2) is 9.37 Å². The number of nitrogens with one attached hydrogen (secondary N) is 2. The Bertz CT molecular complexity index is 453. The van der Waals surface area contributed by atoms with Gasteiger partial charge < -0.3 is 10.3 Å². The highest BCUT2D eigenvalue weighted by molar-refractivity contribution is 5.19. The molecule has 2 rings (SSSR count). The van der Waals surface area contributed by atoms with E-state index in [-0.39, 0.29) is 11.9 Å². The van der Waals surface area contributed by atoms with Crippen LogP contribution in [0.5, 0.6) is 0 Å². The zero-order chi connectivity index (χ0) is 12.1. The van der Waals surface area contributed by atoms with Gasteiger partial charge >= 0.3 is 0 Å². The van der Waals surface area contributed by atoms with Crippen LogP contribution < -0.4 is 5.32 Å². The second kappa shape index (κ2) is 5.59. The molecule has 2 aromatic rings. The fraction of sp³-hybridized carbons (Fsp3) is 0.308. The maximum Gasteiger partial charge on any atom is 0.123 e. The summed E-state index contributed by atoms with van der Waals surface area (Å²) in [5.41, 5.74) is 0.962. The van der Waals surface area contributed by atoms with E-state index in [4.69, 9.17) is 0 Å². The van der Waals surface area contributed by atoms with Gasteiger partial charge in [-0.05, 0) is 24.6 Å². The summed E-state index contributed by atoms with van der Waals surface area (Å²) in [5.74, 6) is 0.770. The van der Waals surface area contributed by atoms with E-state index in [9.17, 15) is 4.39 Å². The number of imidazole rings is 1. The predicted octanol–water partition coefficient (Wildman–Crippen LogP) is 2.44. The molecule has 1 atom stereocenters. The van der Waals surface area contributed by atoms with Crippen LogP contribution in [0.4, 0.5) is 4.39 Å². The molecule has 0 aliphatic rings. The number of benzene rings is 1. The third-order valence-corrected chi connectivity index (χ3v) is 2.72. The monoisotopic (exact) mass is 233 g/mol. The van der Waals surface area contributed by atoms with Crippen molar-refractivity contribution < 1.29 is 4.39 Å². The summed E-state index contributed by atoms with van der Waals surface area (Å²) in [4.78, 5) is 7.19. The fourth-order valence-corrected chi connectivity index (χ4v) is 1.74. The second-order valence-electron chi connectivity index (χ2n) is 4.02. The average molecular weight is 233 g/mol. The molecule has 0 bridgehead atoms. The molecule has 2 N–H and O–H groups in total. The van der Waals surface area contributed by atoms with E-state index in [1.54, 1.807) is 18.3 Å². The normalized spacial score (nSPS) is 12.6. The highest BCUT2D eigenvalue weighted by Gasteiger charge is 2.05. The minimum absolute atomic E-state index is 0.140. The molecule has 0 saturated heterocycles. The number of rotatable bonds is 5. The Morgan fingerprint density at radius 3 is 3.06 bits per heavy atom. The molecule has 0 aliphatic heterocycles. The van der Waals surface area contributed by atoms with E-state index >= 15 is 0 Å². The van der Waals surface area contributed by atoms with Gasteiger partial charge in [0.1, 0.15) is 11.6 Å². The van der Waals surface area contributed by atoms with Gasteiger partial charge in [-0.3, -0.25) is 0 Å². The lowest BCUT2D eigenvalue weighted by Gasteiger charge is -2.13. The molecule has 0 fully saturated rings. The molecule has 90 valence electrons. The van der Waals surface area contributed by atoms with Crippen LogP contribution in [0, 0.1) is 5.82 Å². The molecule has 0 amide bonds. The average Bonchev–Trinajstić information content (AvgIpc) is 2.82. The van der Waals surface area contributed by atoms with Gasteiger partial charge in [0.25, 0.3) is 0 Å². The summed E-state index contributed by atoms with van der Waals surface area (Å²) in [7, 11) is 0. The third-order valence-electron chi connectivity index (χ3n) is 2.72. The maximum atomic E-state index is 13.0. The molecule has 0 radical (unpaired) electrons. The minimum atomic E-state index is -0.192. The van der Waals surface area contributed by atoms with Gasteiger partial charge in [0.15, 0.2) is 0 Å².